The molecule has 1 aromatic carbocycles. The molecule has 0 aliphatic carbocycles. The van der Waals surface area contributed by atoms with E-state index in [2.05, 4.69) is 35.1 Å². The highest BCUT2D eigenvalue weighted by atomic mass is 79.9. The average molecular weight is 286 g/mol. The van der Waals surface area contributed by atoms with Gasteiger partial charge >= 0.3 is 0 Å². The minimum absolute atomic E-state index is 0.404. The molecule has 3 heteroatoms. The fraction of sp³-hybridized carbons (Fsp3) is 0.538. The van der Waals surface area contributed by atoms with E-state index in [1.54, 1.807) is 0 Å². The minimum atomic E-state index is 0.404. The zero-order chi connectivity index (χ0) is 12.1. The van der Waals surface area contributed by atoms with Crippen molar-refractivity contribution in [1.82, 2.24) is 5.32 Å². The van der Waals surface area contributed by atoms with E-state index in [0.717, 1.165) is 35.0 Å². The van der Waals surface area contributed by atoms with Crippen LogP contribution in [0.2, 0.25) is 0 Å². The fourth-order valence-electron chi connectivity index (χ4n) is 1.77. The van der Waals surface area contributed by atoms with E-state index in [4.69, 9.17) is 0 Å². The van der Waals surface area contributed by atoms with Crippen LogP contribution in [-0.2, 0) is 6.54 Å². The third-order valence-electron chi connectivity index (χ3n) is 2.91. The van der Waals surface area contributed by atoms with Crippen molar-refractivity contribution in [2.75, 3.05) is 0 Å². The molecule has 0 heterocycles. The van der Waals surface area contributed by atoms with Gasteiger partial charge in [0.2, 0.25) is 0 Å². The first-order chi connectivity index (χ1) is 7.58. The molecule has 0 fully saturated rings. The molecule has 16 heavy (non-hydrogen) atoms. The van der Waals surface area contributed by atoms with Crippen LogP contribution in [0.1, 0.15) is 37.8 Å². The third-order valence-corrected chi connectivity index (χ3v) is 3.37. The van der Waals surface area contributed by atoms with Crippen molar-refractivity contribution in [3.8, 4) is 5.75 Å². The van der Waals surface area contributed by atoms with Gasteiger partial charge in [-0.1, -0.05) is 29.8 Å². The summed E-state index contributed by atoms with van der Waals surface area (Å²) in [6, 6.07) is 4.42. The number of benzene rings is 1. The molecule has 0 bridgehead atoms. The van der Waals surface area contributed by atoms with Gasteiger partial charge in [-0.05, 0) is 37.5 Å². The van der Waals surface area contributed by atoms with Crippen LogP contribution in [0.4, 0.5) is 0 Å². The molecule has 1 rings (SSSR count). The van der Waals surface area contributed by atoms with E-state index in [-0.39, 0.29) is 0 Å². The normalized spacial score (nSPS) is 11.1. The van der Waals surface area contributed by atoms with E-state index in [1.807, 2.05) is 19.1 Å². The molecule has 0 aliphatic rings. The minimum Gasteiger partial charge on any atom is -0.507 e. The predicted octanol–water partition coefficient (Wildman–Crippen LogP) is 3.74. The second kappa shape index (κ2) is 6.26. The first kappa shape index (κ1) is 13.5. The van der Waals surface area contributed by atoms with Crippen LogP contribution in [0.5, 0.6) is 5.75 Å². The quantitative estimate of drug-likeness (QED) is 0.864. The van der Waals surface area contributed by atoms with Gasteiger partial charge in [0.05, 0.1) is 0 Å². The van der Waals surface area contributed by atoms with Gasteiger partial charge in [0.1, 0.15) is 5.75 Å². The SMILES string of the molecule is CCC(CC)NCc1cc(Br)cc(C)c1O. The molecule has 0 aromatic heterocycles. The summed E-state index contributed by atoms with van der Waals surface area (Å²) in [7, 11) is 0. The number of nitrogens with one attached hydrogen (secondary N) is 1. The van der Waals surface area contributed by atoms with Crippen molar-refractivity contribution >= 4 is 15.9 Å². The first-order valence-corrected chi connectivity index (χ1v) is 6.59. The van der Waals surface area contributed by atoms with Gasteiger partial charge < -0.3 is 10.4 Å². The summed E-state index contributed by atoms with van der Waals surface area (Å²) < 4.78 is 1.02. The summed E-state index contributed by atoms with van der Waals surface area (Å²) in [6.45, 7) is 6.99. The molecule has 0 atom stereocenters. The summed E-state index contributed by atoms with van der Waals surface area (Å²) in [5.74, 6) is 0.404. The molecular weight excluding hydrogens is 266 g/mol. The Morgan fingerprint density at radius 3 is 2.50 bits per heavy atom. The lowest BCUT2D eigenvalue weighted by molar-refractivity contribution is 0.444. The van der Waals surface area contributed by atoms with Crippen molar-refractivity contribution in [2.24, 2.45) is 0 Å². The van der Waals surface area contributed by atoms with Crippen LogP contribution in [0.25, 0.3) is 0 Å². The standard InChI is InChI=1S/C13H20BrNO/c1-4-12(5-2)15-8-10-7-11(14)6-9(3)13(10)16/h6-7,12,15-16H,4-5,8H2,1-3H3. The number of hydrogen-bond donors (Lipinski definition) is 2. The smallest absolute Gasteiger partial charge is 0.123 e. The van der Waals surface area contributed by atoms with E-state index in [1.165, 1.54) is 0 Å². The van der Waals surface area contributed by atoms with E-state index >= 15 is 0 Å². The zero-order valence-corrected chi connectivity index (χ0v) is 11.8. The molecule has 0 saturated carbocycles. The number of aromatic hydroxyl groups is 1. The molecule has 0 radical (unpaired) electrons. The molecule has 2 N–H and O–H groups in total. The maximum Gasteiger partial charge on any atom is 0.123 e. The highest BCUT2D eigenvalue weighted by Crippen LogP contribution is 2.26. The number of phenols is 1. The molecule has 0 saturated heterocycles. The molecule has 90 valence electrons. The van der Waals surface area contributed by atoms with Crippen molar-refractivity contribution in [2.45, 2.75) is 46.2 Å². The van der Waals surface area contributed by atoms with Crippen LogP contribution < -0.4 is 5.32 Å². The lowest BCUT2D eigenvalue weighted by Gasteiger charge is -2.16. The maximum atomic E-state index is 9.92. The van der Waals surface area contributed by atoms with E-state index < -0.39 is 0 Å². The van der Waals surface area contributed by atoms with Crippen molar-refractivity contribution in [3.05, 3.63) is 27.7 Å². The van der Waals surface area contributed by atoms with Crippen LogP contribution in [-0.4, -0.2) is 11.1 Å². The van der Waals surface area contributed by atoms with Gasteiger partial charge in [0, 0.05) is 22.6 Å². The Morgan fingerprint density at radius 1 is 1.31 bits per heavy atom. The summed E-state index contributed by atoms with van der Waals surface area (Å²) in [5.41, 5.74) is 1.87. The first-order valence-electron chi connectivity index (χ1n) is 5.79. The molecule has 0 aliphatic heterocycles. The Hall–Kier alpha value is -0.540. The van der Waals surface area contributed by atoms with Crippen LogP contribution in [0.15, 0.2) is 16.6 Å². The van der Waals surface area contributed by atoms with Crippen LogP contribution >= 0.6 is 15.9 Å². The number of halogens is 1. The Morgan fingerprint density at radius 2 is 1.94 bits per heavy atom. The van der Waals surface area contributed by atoms with Crippen molar-refractivity contribution in [3.63, 3.8) is 0 Å². The largest absolute Gasteiger partial charge is 0.507 e. The van der Waals surface area contributed by atoms with E-state index in [0.29, 0.717) is 11.8 Å². The lowest BCUT2D eigenvalue weighted by Crippen LogP contribution is -2.27. The number of rotatable bonds is 5. The van der Waals surface area contributed by atoms with Gasteiger partial charge in [-0.3, -0.25) is 0 Å². The third kappa shape index (κ3) is 3.49. The van der Waals surface area contributed by atoms with Gasteiger partial charge in [-0.2, -0.15) is 0 Å². The number of hydrogen-bond acceptors (Lipinski definition) is 2. The van der Waals surface area contributed by atoms with Gasteiger partial charge in [0.25, 0.3) is 0 Å². The molecule has 0 unspecified atom stereocenters. The van der Waals surface area contributed by atoms with Crippen molar-refractivity contribution < 1.29 is 5.11 Å². The molecule has 2 nitrogen and oxygen atoms in total. The summed E-state index contributed by atoms with van der Waals surface area (Å²) in [6.07, 6.45) is 2.23. The topological polar surface area (TPSA) is 32.3 Å². The lowest BCUT2D eigenvalue weighted by atomic mass is 10.1. The number of aryl methyl sites for hydroxylation is 1. The Balaban J connectivity index is 2.73. The van der Waals surface area contributed by atoms with Crippen LogP contribution in [0.3, 0.4) is 0 Å². The average Bonchev–Trinajstić information content (AvgIpc) is 2.26. The van der Waals surface area contributed by atoms with Gasteiger partial charge in [-0.25, -0.2) is 0 Å². The number of phenolic OH excluding ortho intramolecular Hbond substituents is 1. The summed E-state index contributed by atoms with van der Waals surface area (Å²) in [5, 5.41) is 13.4. The molecule has 0 amide bonds. The van der Waals surface area contributed by atoms with E-state index in [9.17, 15) is 5.11 Å². The van der Waals surface area contributed by atoms with Crippen molar-refractivity contribution in [1.29, 1.82) is 0 Å². The summed E-state index contributed by atoms with van der Waals surface area (Å²) in [4.78, 5) is 0. The Labute approximate surface area is 106 Å². The Bertz CT molecular complexity index is 348. The summed E-state index contributed by atoms with van der Waals surface area (Å²) >= 11 is 3.45. The molecule has 0 spiro atoms. The predicted molar refractivity (Wildman–Crippen MR) is 71.8 cm³/mol. The maximum absolute atomic E-state index is 9.92. The second-order valence-electron chi connectivity index (χ2n) is 4.12. The monoisotopic (exact) mass is 285 g/mol. The molecule has 1 aromatic rings. The van der Waals surface area contributed by atoms with Gasteiger partial charge in [-0.15, -0.1) is 0 Å². The van der Waals surface area contributed by atoms with Gasteiger partial charge in [0.15, 0.2) is 0 Å². The highest BCUT2D eigenvalue weighted by molar-refractivity contribution is 9.10. The Kier molecular flexibility index (Phi) is 5.29. The second-order valence-corrected chi connectivity index (χ2v) is 5.04. The zero-order valence-electron chi connectivity index (χ0n) is 10.2. The fourth-order valence-corrected chi connectivity index (χ4v) is 2.39. The molecular formula is C13H20BrNO. The highest BCUT2D eigenvalue weighted by Gasteiger charge is 2.08. The van der Waals surface area contributed by atoms with Crippen LogP contribution in [0, 0.1) is 6.92 Å².